The summed E-state index contributed by atoms with van der Waals surface area (Å²) < 4.78 is 23.1. The van der Waals surface area contributed by atoms with E-state index in [1.165, 1.54) is 30.3 Å². The molecule has 7 N–H and O–H groups in total. The number of hydrogen-bond acceptors (Lipinski definition) is 5. The van der Waals surface area contributed by atoms with Crippen molar-refractivity contribution in [1.82, 2.24) is 0 Å². The highest BCUT2D eigenvalue weighted by molar-refractivity contribution is 7.89. The average molecular weight is 480 g/mol. The van der Waals surface area contributed by atoms with Gasteiger partial charge in [-0.3, -0.25) is 9.59 Å². The summed E-state index contributed by atoms with van der Waals surface area (Å²) in [4.78, 5) is 23.9. The summed E-state index contributed by atoms with van der Waals surface area (Å²) >= 11 is 0. The van der Waals surface area contributed by atoms with Gasteiger partial charge in [-0.05, 0) is 46.9 Å². The van der Waals surface area contributed by atoms with Crippen molar-refractivity contribution in [2.75, 3.05) is 5.73 Å². The van der Waals surface area contributed by atoms with Crippen LogP contribution in [-0.4, -0.2) is 25.4 Å². The van der Waals surface area contributed by atoms with Crippen molar-refractivity contribution in [3.8, 4) is 11.1 Å². The minimum atomic E-state index is -3.86. The number of benzene rings is 3. The normalized spacial score (nSPS) is 13.5. The number of nitrogens with two attached hydrogens (primary N) is 3. The molecule has 9 heteroatoms. The number of hydrogen-bond donors (Lipinski definition) is 4. The van der Waals surface area contributed by atoms with Crippen LogP contribution in [0.2, 0.25) is 0 Å². The second-order valence-corrected chi connectivity index (χ2v) is 9.47. The first-order valence-electron chi connectivity index (χ1n) is 10.3. The van der Waals surface area contributed by atoms with E-state index in [0.29, 0.717) is 22.3 Å². The maximum absolute atomic E-state index is 12.0. The Morgan fingerprint density at radius 1 is 1.00 bits per heavy atom. The lowest BCUT2D eigenvalue weighted by Gasteiger charge is -2.18. The molecule has 3 aromatic carbocycles. The molecule has 0 aliphatic rings. The Labute approximate surface area is 197 Å². The summed E-state index contributed by atoms with van der Waals surface area (Å²) in [6.45, 7) is 1.79. The molecule has 2 atom stereocenters. The van der Waals surface area contributed by atoms with Crippen LogP contribution in [0.3, 0.4) is 0 Å². The van der Waals surface area contributed by atoms with Crippen molar-refractivity contribution in [1.29, 1.82) is 0 Å². The Hall–Kier alpha value is -3.95. The van der Waals surface area contributed by atoms with Gasteiger partial charge in [0.1, 0.15) is 0 Å². The summed E-state index contributed by atoms with van der Waals surface area (Å²) in [6, 6.07) is 17.9. The topological polar surface area (TPSA) is 167 Å². The van der Waals surface area contributed by atoms with Gasteiger partial charge >= 0.3 is 5.97 Å². The lowest BCUT2D eigenvalue weighted by Crippen LogP contribution is -2.18. The number of carbonyl (C=O) groups is 2. The highest BCUT2D eigenvalue weighted by Gasteiger charge is 2.24. The fourth-order valence-electron chi connectivity index (χ4n) is 3.74. The molecular weight excluding hydrogens is 454 g/mol. The van der Waals surface area contributed by atoms with Crippen LogP contribution in [0.5, 0.6) is 0 Å². The molecule has 0 fully saturated rings. The third kappa shape index (κ3) is 5.51. The van der Waals surface area contributed by atoms with Gasteiger partial charge in [-0.15, -0.1) is 0 Å². The molecule has 176 valence electrons. The second kappa shape index (κ2) is 9.90. The number of anilines is 1. The quantitative estimate of drug-likeness (QED) is 0.362. The number of amides is 1. The predicted octanol–water partition coefficient (Wildman–Crippen LogP) is 3.20. The number of carboxylic acids is 1. The van der Waals surface area contributed by atoms with Crippen molar-refractivity contribution in [2.45, 2.75) is 17.7 Å². The number of aliphatic carboxylic acids is 1. The fourth-order valence-corrected chi connectivity index (χ4v) is 4.26. The van der Waals surface area contributed by atoms with Crippen LogP contribution < -0.4 is 16.6 Å². The lowest BCUT2D eigenvalue weighted by atomic mass is 9.86. The van der Waals surface area contributed by atoms with E-state index < -0.39 is 27.8 Å². The summed E-state index contributed by atoms with van der Waals surface area (Å²) in [5.74, 6) is -2.80. The molecule has 34 heavy (non-hydrogen) atoms. The van der Waals surface area contributed by atoms with E-state index in [4.69, 9.17) is 16.6 Å². The molecular formula is C25H25N3O5S. The molecule has 3 aromatic rings. The van der Waals surface area contributed by atoms with E-state index in [0.717, 1.165) is 0 Å². The van der Waals surface area contributed by atoms with E-state index in [-0.39, 0.29) is 22.1 Å². The first-order chi connectivity index (χ1) is 16.0. The van der Waals surface area contributed by atoms with Gasteiger partial charge in [0, 0.05) is 5.56 Å². The van der Waals surface area contributed by atoms with Gasteiger partial charge in [0.2, 0.25) is 10.0 Å². The van der Waals surface area contributed by atoms with E-state index in [1.807, 2.05) is 6.07 Å². The third-order valence-corrected chi connectivity index (χ3v) is 6.43. The largest absolute Gasteiger partial charge is 0.481 e. The zero-order chi connectivity index (χ0) is 25.0. The molecule has 0 aliphatic heterocycles. The molecule has 0 saturated heterocycles. The Bertz CT molecular complexity index is 1350. The molecule has 0 heterocycles. The van der Waals surface area contributed by atoms with Gasteiger partial charge in [-0.2, -0.15) is 0 Å². The number of nitrogen functional groups attached to an aromatic ring is 1. The van der Waals surface area contributed by atoms with Gasteiger partial charge in [0.05, 0.1) is 22.1 Å². The zero-order valence-electron chi connectivity index (χ0n) is 18.4. The third-order valence-electron chi connectivity index (χ3n) is 5.50. The Morgan fingerprint density at radius 2 is 1.62 bits per heavy atom. The first kappa shape index (κ1) is 24.7. The van der Waals surface area contributed by atoms with E-state index in [1.54, 1.807) is 49.4 Å². The molecule has 0 aliphatic carbocycles. The highest BCUT2D eigenvalue weighted by Crippen LogP contribution is 2.32. The van der Waals surface area contributed by atoms with Crippen molar-refractivity contribution < 1.29 is 23.1 Å². The monoisotopic (exact) mass is 479 g/mol. The molecule has 0 spiro atoms. The number of carbonyl (C=O) groups excluding carboxylic acids is 1. The summed E-state index contributed by atoms with van der Waals surface area (Å²) in [5.41, 5.74) is 14.2. The van der Waals surface area contributed by atoms with Crippen LogP contribution >= 0.6 is 0 Å². The minimum absolute atomic E-state index is 0.0598. The number of carboxylic acid groups (broad SMARTS) is 1. The average Bonchev–Trinajstić information content (AvgIpc) is 2.78. The maximum Gasteiger partial charge on any atom is 0.311 e. The minimum Gasteiger partial charge on any atom is -0.481 e. The van der Waals surface area contributed by atoms with Gasteiger partial charge in [-0.1, -0.05) is 61.5 Å². The van der Waals surface area contributed by atoms with Gasteiger partial charge in [0.15, 0.2) is 0 Å². The Kier molecular flexibility index (Phi) is 7.19. The number of allylic oxidation sites excluding steroid dienone is 1. The summed E-state index contributed by atoms with van der Waals surface area (Å²) in [6.07, 6.45) is 3.45. The highest BCUT2D eigenvalue weighted by atomic mass is 32.2. The molecule has 0 bridgehead atoms. The molecule has 0 aromatic heterocycles. The van der Waals surface area contributed by atoms with Crippen molar-refractivity contribution in [3.63, 3.8) is 0 Å². The summed E-state index contributed by atoms with van der Waals surface area (Å²) in [5, 5.41) is 14.9. The molecule has 2 unspecified atom stereocenters. The van der Waals surface area contributed by atoms with Crippen LogP contribution in [0.1, 0.15) is 34.3 Å². The molecule has 8 nitrogen and oxygen atoms in total. The number of sulfonamides is 1. The molecule has 3 rings (SSSR count). The standard InChI is InChI=1S/C25H25N3O5S/c1-15(22(25(30)31)18-5-3-2-4-6-18)7-8-16-13-20(23(26)21(14-16)24(27)29)17-9-11-19(12-10-17)34(28,32)33/h2-15,22H,26H2,1H3,(H2,27,29)(H,30,31)(H2,28,32,33). The zero-order valence-corrected chi connectivity index (χ0v) is 19.2. The van der Waals surface area contributed by atoms with Crippen LogP contribution in [0.4, 0.5) is 5.69 Å². The predicted molar refractivity (Wildman–Crippen MR) is 131 cm³/mol. The Balaban J connectivity index is 2.02. The van der Waals surface area contributed by atoms with Gasteiger partial charge < -0.3 is 16.6 Å². The Morgan fingerprint density at radius 3 is 2.15 bits per heavy atom. The van der Waals surface area contributed by atoms with E-state index in [9.17, 15) is 23.1 Å². The number of primary amides is 1. The van der Waals surface area contributed by atoms with Crippen LogP contribution in [0.15, 0.2) is 77.7 Å². The maximum atomic E-state index is 12.0. The molecule has 0 radical (unpaired) electrons. The van der Waals surface area contributed by atoms with Crippen LogP contribution in [0, 0.1) is 5.92 Å². The van der Waals surface area contributed by atoms with Gasteiger partial charge in [0.25, 0.3) is 5.91 Å². The number of primary sulfonamides is 1. The van der Waals surface area contributed by atoms with Crippen molar-refractivity contribution in [3.05, 3.63) is 89.5 Å². The van der Waals surface area contributed by atoms with Crippen molar-refractivity contribution >= 4 is 33.7 Å². The van der Waals surface area contributed by atoms with Crippen molar-refractivity contribution in [2.24, 2.45) is 16.8 Å². The van der Waals surface area contributed by atoms with E-state index in [2.05, 4.69) is 0 Å². The van der Waals surface area contributed by atoms with Crippen LogP contribution in [-0.2, 0) is 14.8 Å². The smallest absolute Gasteiger partial charge is 0.311 e. The lowest BCUT2D eigenvalue weighted by molar-refractivity contribution is -0.139. The second-order valence-electron chi connectivity index (χ2n) is 7.91. The molecule has 0 saturated carbocycles. The SMILES string of the molecule is CC(C=Cc1cc(C(N)=O)c(N)c(-c2ccc(S(N)(=O)=O)cc2)c1)C(C(=O)O)c1ccccc1. The van der Waals surface area contributed by atoms with Crippen LogP contribution in [0.25, 0.3) is 17.2 Å². The molecule has 1 amide bonds. The van der Waals surface area contributed by atoms with Gasteiger partial charge in [-0.25, -0.2) is 13.6 Å². The first-order valence-corrected chi connectivity index (χ1v) is 11.9. The number of rotatable bonds is 8. The fraction of sp³-hybridized carbons (Fsp3) is 0.120. The van der Waals surface area contributed by atoms with E-state index >= 15 is 0 Å². The summed E-state index contributed by atoms with van der Waals surface area (Å²) in [7, 11) is -3.86.